The van der Waals surface area contributed by atoms with Crippen LogP contribution in [0, 0.1) is 0 Å². The normalized spacial score (nSPS) is 10.4. The summed E-state index contributed by atoms with van der Waals surface area (Å²) >= 11 is 1.58. The number of carbonyl (C=O) groups is 1. The van der Waals surface area contributed by atoms with Crippen LogP contribution in [-0.2, 0) is 18.4 Å². The molecule has 0 saturated carbocycles. The van der Waals surface area contributed by atoms with Crippen molar-refractivity contribution in [1.29, 1.82) is 0 Å². The Morgan fingerprint density at radius 1 is 1.38 bits per heavy atom. The number of imidazole rings is 1. The molecule has 0 radical (unpaired) electrons. The summed E-state index contributed by atoms with van der Waals surface area (Å²) in [4.78, 5) is 16.0. The van der Waals surface area contributed by atoms with Crippen LogP contribution < -0.4 is 10.1 Å². The van der Waals surface area contributed by atoms with Crippen molar-refractivity contribution in [2.45, 2.75) is 18.1 Å². The average molecular weight is 305 g/mol. The third kappa shape index (κ3) is 4.53. The van der Waals surface area contributed by atoms with Crippen molar-refractivity contribution < 1.29 is 9.53 Å². The minimum Gasteiger partial charge on any atom is -0.493 e. The number of rotatable bonds is 7. The van der Waals surface area contributed by atoms with Gasteiger partial charge in [-0.1, -0.05) is 30.0 Å². The number of amides is 1. The first-order valence-corrected chi connectivity index (χ1v) is 7.92. The van der Waals surface area contributed by atoms with Crippen LogP contribution in [0.2, 0.25) is 0 Å². The van der Waals surface area contributed by atoms with E-state index in [4.69, 9.17) is 4.74 Å². The predicted molar refractivity (Wildman–Crippen MR) is 83.4 cm³/mol. The minimum absolute atomic E-state index is 0.0298. The SMILES string of the molecule is CSc1ncc(CNC(=O)CCOc2ccccc2)n1C. The average Bonchev–Trinajstić information content (AvgIpc) is 2.86. The number of para-hydroxylation sites is 1. The van der Waals surface area contributed by atoms with E-state index in [2.05, 4.69) is 10.3 Å². The summed E-state index contributed by atoms with van der Waals surface area (Å²) in [6.45, 7) is 0.853. The van der Waals surface area contributed by atoms with Gasteiger partial charge in [0.25, 0.3) is 0 Å². The van der Waals surface area contributed by atoms with E-state index in [1.54, 1.807) is 18.0 Å². The molecular formula is C15H19N3O2S. The summed E-state index contributed by atoms with van der Waals surface area (Å²) in [7, 11) is 1.94. The molecule has 0 fully saturated rings. The lowest BCUT2D eigenvalue weighted by Crippen LogP contribution is -2.25. The van der Waals surface area contributed by atoms with Crippen LogP contribution in [0.25, 0.3) is 0 Å². The third-order valence-electron chi connectivity index (χ3n) is 3.03. The quantitative estimate of drug-likeness (QED) is 0.797. The van der Waals surface area contributed by atoms with Gasteiger partial charge < -0.3 is 14.6 Å². The second-order valence-corrected chi connectivity index (χ2v) is 5.26. The zero-order chi connectivity index (χ0) is 15.1. The van der Waals surface area contributed by atoms with Gasteiger partial charge in [0.05, 0.1) is 31.5 Å². The number of hydrogen-bond donors (Lipinski definition) is 1. The van der Waals surface area contributed by atoms with E-state index in [0.717, 1.165) is 16.6 Å². The van der Waals surface area contributed by atoms with E-state index >= 15 is 0 Å². The standard InChI is InChI=1S/C15H19N3O2S/c1-18-12(11-17-15(18)21-2)10-16-14(19)8-9-20-13-6-4-3-5-7-13/h3-7,11H,8-10H2,1-2H3,(H,16,19). The van der Waals surface area contributed by atoms with Crippen molar-refractivity contribution in [2.75, 3.05) is 12.9 Å². The fraction of sp³-hybridized carbons (Fsp3) is 0.333. The van der Waals surface area contributed by atoms with Gasteiger partial charge in [-0.05, 0) is 18.4 Å². The van der Waals surface area contributed by atoms with Gasteiger partial charge in [-0.3, -0.25) is 4.79 Å². The molecule has 21 heavy (non-hydrogen) atoms. The predicted octanol–water partition coefficient (Wildman–Crippen LogP) is 2.23. The van der Waals surface area contributed by atoms with Gasteiger partial charge in [0.1, 0.15) is 5.75 Å². The molecule has 0 aliphatic heterocycles. The monoisotopic (exact) mass is 305 g/mol. The molecule has 1 amide bonds. The van der Waals surface area contributed by atoms with Crippen LogP contribution in [0.15, 0.2) is 41.7 Å². The molecule has 0 aliphatic rings. The number of benzene rings is 1. The summed E-state index contributed by atoms with van der Waals surface area (Å²) < 4.78 is 7.47. The fourth-order valence-electron chi connectivity index (χ4n) is 1.84. The smallest absolute Gasteiger partial charge is 0.223 e. The van der Waals surface area contributed by atoms with Gasteiger partial charge in [0.15, 0.2) is 5.16 Å². The zero-order valence-corrected chi connectivity index (χ0v) is 13.0. The minimum atomic E-state index is -0.0298. The van der Waals surface area contributed by atoms with Crippen molar-refractivity contribution in [3.63, 3.8) is 0 Å². The van der Waals surface area contributed by atoms with Crippen molar-refractivity contribution >= 4 is 17.7 Å². The highest BCUT2D eigenvalue weighted by Crippen LogP contribution is 2.13. The molecule has 1 N–H and O–H groups in total. The van der Waals surface area contributed by atoms with E-state index in [0.29, 0.717) is 19.6 Å². The molecule has 5 nitrogen and oxygen atoms in total. The molecule has 2 rings (SSSR count). The van der Waals surface area contributed by atoms with Crippen LogP contribution >= 0.6 is 11.8 Å². The van der Waals surface area contributed by atoms with Crippen molar-refractivity contribution in [3.8, 4) is 5.75 Å². The molecule has 0 unspecified atom stereocenters. The first-order chi connectivity index (χ1) is 10.2. The number of aromatic nitrogens is 2. The van der Waals surface area contributed by atoms with Gasteiger partial charge in [-0.25, -0.2) is 4.98 Å². The van der Waals surface area contributed by atoms with E-state index in [1.807, 2.05) is 48.2 Å². The van der Waals surface area contributed by atoms with Crippen LogP contribution in [-0.4, -0.2) is 28.3 Å². The second kappa shape index (κ2) is 7.73. The Hall–Kier alpha value is -1.95. The topological polar surface area (TPSA) is 56.1 Å². The Kier molecular flexibility index (Phi) is 5.68. The lowest BCUT2D eigenvalue weighted by atomic mass is 10.3. The second-order valence-electron chi connectivity index (χ2n) is 4.48. The van der Waals surface area contributed by atoms with Crippen molar-refractivity contribution in [2.24, 2.45) is 7.05 Å². The van der Waals surface area contributed by atoms with Crippen LogP contribution in [0.4, 0.5) is 0 Å². The van der Waals surface area contributed by atoms with E-state index in [1.165, 1.54) is 0 Å². The molecule has 1 aromatic carbocycles. The molecule has 0 bridgehead atoms. The Bertz CT molecular complexity index is 584. The van der Waals surface area contributed by atoms with E-state index in [9.17, 15) is 4.79 Å². The molecule has 0 aliphatic carbocycles. The van der Waals surface area contributed by atoms with Crippen molar-refractivity contribution in [3.05, 3.63) is 42.2 Å². The van der Waals surface area contributed by atoms with Crippen molar-refractivity contribution in [1.82, 2.24) is 14.9 Å². The fourth-order valence-corrected chi connectivity index (χ4v) is 2.38. The largest absolute Gasteiger partial charge is 0.493 e. The molecule has 112 valence electrons. The first-order valence-electron chi connectivity index (χ1n) is 6.70. The lowest BCUT2D eigenvalue weighted by Gasteiger charge is -2.08. The summed E-state index contributed by atoms with van der Waals surface area (Å²) in [5.41, 5.74) is 0.983. The van der Waals surface area contributed by atoms with Gasteiger partial charge in [-0.2, -0.15) is 0 Å². The molecule has 1 aromatic heterocycles. The number of carbonyl (C=O) groups excluding carboxylic acids is 1. The highest BCUT2D eigenvalue weighted by Gasteiger charge is 2.07. The van der Waals surface area contributed by atoms with Crippen LogP contribution in [0.5, 0.6) is 5.75 Å². The molecule has 6 heteroatoms. The van der Waals surface area contributed by atoms with Crippen LogP contribution in [0.1, 0.15) is 12.1 Å². The summed E-state index contributed by atoms with van der Waals surface area (Å²) in [5.74, 6) is 0.749. The number of hydrogen-bond acceptors (Lipinski definition) is 4. The highest BCUT2D eigenvalue weighted by molar-refractivity contribution is 7.98. The number of thioether (sulfide) groups is 1. The van der Waals surface area contributed by atoms with Gasteiger partial charge in [0, 0.05) is 7.05 Å². The molecular weight excluding hydrogens is 286 g/mol. The van der Waals surface area contributed by atoms with Crippen LogP contribution in [0.3, 0.4) is 0 Å². The van der Waals surface area contributed by atoms with Gasteiger partial charge in [-0.15, -0.1) is 0 Å². The number of nitrogens with zero attached hydrogens (tertiary/aromatic N) is 2. The summed E-state index contributed by atoms with van der Waals surface area (Å²) in [6, 6.07) is 9.48. The van der Waals surface area contributed by atoms with E-state index < -0.39 is 0 Å². The third-order valence-corrected chi connectivity index (χ3v) is 3.78. The molecule has 0 atom stereocenters. The van der Waals surface area contributed by atoms with Gasteiger partial charge >= 0.3 is 0 Å². The maximum absolute atomic E-state index is 11.8. The first kappa shape index (κ1) is 15.4. The molecule has 0 spiro atoms. The maximum atomic E-state index is 11.8. The molecule has 2 aromatic rings. The van der Waals surface area contributed by atoms with Gasteiger partial charge in [0.2, 0.25) is 5.91 Å². The Labute approximate surface area is 128 Å². The Morgan fingerprint density at radius 2 is 2.14 bits per heavy atom. The zero-order valence-electron chi connectivity index (χ0n) is 12.2. The van der Waals surface area contributed by atoms with E-state index in [-0.39, 0.29) is 5.91 Å². The molecule has 1 heterocycles. The summed E-state index contributed by atoms with van der Waals surface area (Å²) in [5, 5.41) is 3.81. The summed E-state index contributed by atoms with van der Waals surface area (Å²) in [6.07, 6.45) is 4.10. The number of nitrogens with one attached hydrogen (secondary N) is 1. The number of ether oxygens (including phenoxy) is 1. The maximum Gasteiger partial charge on any atom is 0.223 e. The molecule has 0 saturated heterocycles. The highest BCUT2D eigenvalue weighted by atomic mass is 32.2. The Morgan fingerprint density at radius 3 is 2.81 bits per heavy atom. The lowest BCUT2D eigenvalue weighted by molar-refractivity contribution is -0.121. The Balaban J connectivity index is 1.71.